The van der Waals surface area contributed by atoms with Crippen LogP contribution in [0.3, 0.4) is 0 Å². The van der Waals surface area contributed by atoms with Crippen LogP contribution in [-0.2, 0) is 9.68 Å². The Labute approximate surface area is 953 Å². The van der Waals surface area contributed by atoms with Crippen LogP contribution in [0.4, 0.5) is 64.1 Å². The van der Waals surface area contributed by atoms with Gasteiger partial charge in [-0.05, 0) is 189 Å². The summed E-state index contributed by atoms with van der Waals surface area (Å²) in [6.45, 7) is 28.7. The second-order valence-electron chi connectivity index (χ2n) is 30.1. The van der Waals surface area contributed by atoms with Gasteiger partial charge in [0.05, 0.1) is 68.4 Å². The molecule has 792 valence electrons. The number of aliphatic hydroxyl groups is 1. The number of hydrogen-bond donors (Lipinski definition) is 6. The zero-order chi connectivity index (χ0) is 107. The summed E-state index contributed by atoms with van der Waals surface area (Å²) < 4.78 is 214. The van der Waals surface area contributed by atoms with Gasteiger partial charge in [0.25, 0.3) is 39.9 Å². The first-order chi connectivity index (χ1) is 69.2. The predicted molar refractivity (Wildman–Crippen MR) is 525 cm³/mol. The van der Waals surface area contributed by atoms with Gasteiger partial charge in [-0.3, -0.25) is 19.2 Å². The molecule has 0 saturated heterocycles. The topological polar surface area (TPSA) is 418 Å². The molecule has 0 bridgehead atoms. The number of unbranched alkanes of at least 4 members (excludes halogenated alkanes) is 18. The Morgan fingerprint density at radius 2 is 0.673 bits per heavy atom. The van der Waals surface area contributed by atoms with Crippen molar-refractivity contribution in [2.75, 3.05) is 45.0 Å². The number of ether oxygens (including phenoxy) is 5. The first-order valence-corrected chi connectivity index (χ1v) is 47.5. The minimum atomic E-state index is -1.38. The maximum atomic E-state index is 15.4. The number of carbonyl (C=O) groups is 4. The van der Waals surface area contributed by atoms with Crippen molar-refractivity contribution in [3.8, 4) is 103 Å². The Hall–Kier alpha value is -9.67. The standard InChI is InChI=1S/C48H48F6N6O6.C13H18F2N2O2.C13H15F2NO.C9H3Cl3O3.C7H3F2NO.C6H13Br.C2H6O.CH2O3.CH4.2K.H3NO.H/c1-4-7-10-13-22-61-34-19-16-31(37(49)40(34)52)43-55-46(64-58-43)28-25-29(47-56-44(59-65-47)32-17-20-35(41(53)38(32)50)62-23-14-11-8-5-2)27-30(26-28)48-57-45(60-66-48)33-18-21-36(42(54)39(33)51)63-24-15-12-9-6-3;1-2-3-4-5-8-19-10-7-6-9(13(16)17-18)11(14)12(10)15;1-3-4-5-6-9-17-11-8-7-10(16-2)12(14)13(11)15;10-7(13)4-1-5(8(11)14)3-6(2-4)9(12)15;1-10-4-2-3-5(11)7(9)6(4)8;1-2-3-4-5-6-7;1-2-3;2-1-4-3;;;;1-2;/h16-21,25-27H,4-15,22-24H2,1-3H3;6-7,18H,2-5,8H2,1H3,(H2,16,17);7-8H,3-6,9H2,1H3;1-3H;2-3,11H;2-6H2,1H3;3H,2H2,1H3;1,3H;1H4;;;2H,1H2;/q;;;;;;;;;2*+1;;-1/p-1. The van der Waals surface area contributed by atoms with Crippen molar-refractivity contribution in [1.82, 2.24) is 30.4 Å². The monoisotopic (exact) mass is 2250 g/mol. The molecular formula is C100H115BrCl3F12K2N11O18. The van der Waals surface area contributed by atoms with Crippen molar-refractivity contribution >= 4 is 90.1 Å². The average molecular weight is 2250 g/mol. The molecule has 3 aromatic heterocycles. The maximum absolute atomic E-state index is 15.4. The molecule has 0 spiro atoms. The van der Waals surface area contributed by atoms with Crippen LogP contribution in [0, 0.1) is 83.0 Å². The fourth-order valence-corrected chi connectivity index (χ4v) is 12.8. The molecule has 0 radical (unpaired) electrons. The van der Waals surface area contributed by atoms with Crippen LogP contribution in [0.5, 0.6) is 34.5 Å². The van der Waals surface area contributed by atoms with E-state index in [0.29, 0.717) is 32.5 Å². The number of benzene rings is 8. The van der Waals surface area contributed by atoms with Gasteiger partial charge in [-0.15, -0.1) is 0 Å². The number of amidine groups is 1. The Kier molecular flexibility index (Phi) is 73.4. The van der Waals surface area contributed by atoms with Crippen LogP contribution in [0.2, 0.25) is 0 Å². The van der Waals surface area contributed by atoms with E-state index >= 15 is 26.3 Å². The quantitative estimate of drug-likeness (QED) is 0.00168. The Morgan fingerprint density at radius 1 is 0.422 bits per heavy atom. The first kappa shape index (κ1) is 137. The predicted octanol–water partition coefficient (Wildman–Crippen LogP) is 21.6. The van der Waals surface area contributed by atoms with Crippen LogP contribution in [0.1, 0.15) is 248 Å². The summed E-state index contributed by atoms with van der Waals surface area (Å²) in [6, 6.07) is 22.5. The molecule has 0 aliphatic carbocycles. The number of oxime groups is 1. The fourth-order valence-electron chi connectivity index (χ4n) is 12.1. The third kappa shape index (κ3) is 46.8. The summed E-state index contributed by atoms with van der Waals surface area (Å²) in [7, 11) is 0. The third-order valence-electron chi connectivity index (χ3n) is 19.5. The van der Waals surface area contributed by atoms with Crippen LogP contribution >= 0.6 is 50.7 Å². The number of aromatic hydroxyl groups is 1. The molecule has 0 amide bonds. The van der Waals surface area contributed by atoms with Gasteiger partial charge in [0.2, 0.25) is 52.1 Å². The molecule has 29 nitrogen and oxygen atoms in total. The van der Waals surface area contributed by atoms with Gasteiger partial charge in [-0.1, -0.05) is 201 Å². The molecule has 0 atom stereocenters. The third-order valence-corrected chi connectivity index (χ3v) is 20.7. The van der Waals surface area contributed by atoms with Crippen molar-refractivity contribution < 1.29 is 244 Å². The molecule has 11 aromatic rings. The number of nitrogens with zero attached hydrogens (tertiary/aromatic N) is 9. The van der Waals surface area contributed by atoms with Crippen molar-refractivity contribution in [3.05, 3.63) is 224 Å². The number of hydrogen-bond acceptors (Lipinski definition) is 26. The minimum Gasteiger partial charge on any atom is -1.00 e. The van der Waals surface area contributed by atoms with E-state index in [0.717, 1.165) is 121 Å². The summed E-state index contributed by atoms with van der Waals surface area (Å²) in [5.74, 6) is -15.0. The fraction of sp³-hybridized carbons (Fsp3) is 0.390. The number of rotatable bonds is 45. The van der Waals surface area contributed by atoms with E-state index < -0.39 is 103 Å². The van der Waals surface area contributed by atoms with Gasteiger partial charge in [0.15, 0.2) is 86.9 Å². The normalized spacial score (nSPS) is 10.2. The molecular weight excluding hydrogens is 2140 g/mol. The number of alkyl halides is 1. The first-order valence-electron chi connectivity index (χ1n) is 45.3. The number of aromatic nitrogens is 6. The zero-order valence-corrected chi connectivity index (χ0v) is 91.7. The van der Waals surface area contributed by atoms with E-state index in [4.69, 9.17) is 122 Å². The van der Waals surface area contributed by atoms with Crippen LogP contribution in [0.25, 0.3) is 78.2 Å². The van der Waals surface area contributed by atoms with Crippen LogP contribution in [-0.4, -0.2) is 124 Å². The maximum Gasteiger partial charge on any atom is 1.00 e. The second-order valence-corrected chi connectivity index (χ2v) is 31.9. The Bertz CT molecular complexity index is 5560. The number of nitrogens with two attached hydrogens (primary N) is 2. The van der Waals surface area contributed by atoms with E-state index in [2.05, 4.69) is 114 Å². The Morgan fingerprint density at radius 3 is 0.932 bits per heavy atom. The average Bonchev–Trinajstić information content (AvgIpc) is 1.63. The molecule has 0 aliphatic rings. The van der Waals surface area contributed by atoms with Gasteiger partial charge in [-0.25, -0.2) is 50.7 Å². The van der Waals surface area contributed by atoms with E-state index in [1.807, 2.05) is 0 Å². The van der Waals surface area contributed by atoms with Gasteiger partial charge < -0.3 is 75.2 Å². The molecule has 8 N–H and O–H groups in total. The number of halogens is 16. The van der Waals surface area contributed by atoms with Crippen molar-refractivity contribution in [2.24, 2.45) is 16.8 Å². The molecule has 8 aromatic carbocycles. The van der Waals surface area contributed by atoms with Crippen molar-refractivity contribution in [1.29, 1.82) is 0 Å². The number of aliphatic hydroxyl groups excluding tert-OH is 1. The smallest absolute Gasteiger partial charge is 1.00 e. The minimum absolute atomic E-state index is 0. The Balaban J connectivity index is 0. The summed E-state index contributed by atoms with van der Waals surface area (Å²) in [4.78, 5) is 62.3. The SMILES string of the molecule is C.CCCCCCBr.CCCCCCOc1ccc(-c2noc(-c3cc(-c4nc(-c5ccc(OCCCCCC)c(F)c5F)no4)cc(-c4nc(-c5ccc(OCCCCCC)c(F)c5F)no4)c3)n2)c(F)c1F.CCCCCCOc1ccc(C(N)=NO)c(F)c1F.CCO.NO.O=C(Cl)c1cc(C(=O)Cl)cc(C(=O)Cl)c1.O=CO[O-].[C-]#[N+]c1ccc(O)c(F)c1F.[C-]#[N+]c1ccc(OCCCCCC)c(F)c1F.[H-].[K+].[K+]. The summed E-state index contributed by atoms with van der Waals surface area (Å²) in [5, 5.41) is 52.6. The molecule has 0 unspecified atom stereocenters. The second kappa shape index (κ2) is 78.5. The van der Waals surface area contributed by atoms with Gasteiger partial charge >= 0.3 is 103 Å². The van der Waals surface area contributed by atoms with E-state index in [-0.39, 0.29) is 270 Å². The van der Waals surface area contributed by atoms with Crippen LogP contribution in [0.15, 0.2) is 128 Å². The summed E-state index contributed by atoms with van der Waals surface area (Å²) in [5.41, 5.74) is 3.60. The summed E-state index contributed by atoms with van der Waals surface area (Å²) >= 11 is 19.0. The van der Waals surface area contributed by atoms with Gasteiger partial charge in [0, 0.05) is 45.3 Å². The molecule has 47 heteroatoms. The van der Waals surface area contributed by atoms with E-state index in [9.17, 15) is 40.7 Å². The van der Waals surface area contributed by atoms with Crippen molar-refractivity contribution in [3.63, 3.8) is 0 Å². The molecule has 147 heavy (non-hydrogen) atoms. The van der Waals surface area contributed by atoms with E-state index in [1.54, 1.807) is 6.92 Å². The largest absolute Gasteiger partial charge is 1.00 e. The number of carbonyl (C=O) groups excluding carboxylic acids is 4. The van der Waals surface area contributed by atoms with Gasteiger partial charge in [-0.2, -0.15) is 32.5 Å². The van der Waals surface area contributed by atoms with Crippen LogP contribution < -0.4 is 143 Å². The molecule has 3 heterocycles. The molecule has 0 aliphatic heterocycles. The summed E-state index contributed by atoms with van der Waals surface area (Å²) in [6.07, 6.45) is 24.2. The van der Waals surface area contributed by atoms with Gasteiger partial charge in [0.1, 0.15) is 0 Å². The molecule has 0 saturated carbocycles. The zero-order valence-electron chi connectivity index (χ0n) is 82.6. The number of phenolic OH excluding ortho intramolecular Hbond substituents is 1. The number of phenols is 1. The molecule has 11 rings (SSSR count). The molecule has 0 fully saturated rings. The van der Waals surface area contributed by atoms with E-state index in [1.165, 1.54) is 128 Å². The van der Waals surface area contributed by atoms with Crippen molar-refractivity contribution in [2.45, 2.75) is 210 Å².